The van der Waals surface area contributed by atoms with E-state index in [2.05, 4.69) is 45.3 Å². The van der Waals surface area contributed by atoms with Crippen molar-refractivity contribution in [2.24, 2.45) is 13.0 Å². The summed E-state index contributed by atoms with van der Waals surface area (Å²) in [6.45, 7) is 1.95. The van der Waals surface area contributed by atoms with Gasteiger partial charge in [0.25, 0.3) is 0 Å². The van der Waals surface area contributed by atoms with Gasteiger partial charge in [0.05, 0.1) is 15.9 Å². The van der Waals surface area contributed by atoms with Crippen molar-refractivity contribution in [3.63, 3.8) is 0 Å². The Hall–Kier alpha value is -1.42. The highest BCUT2D eigenvalue weighted by Gasteiger charge is 2.26. The van der Waals surface area contributed by atoms with Crippen LogP contribution in [0.5, 0.6) is 0 Å². The molecule has 1 aromatic carbocycles. The van der Waals surface area contributed by atoms with Crippen molar-refractivity contribution >= 4 is 21.7 Å². The minimum atomic E-state index is 0.141. The molecular weight excluding hydrogens is 328 g/mol. The predicted molar refractivity (Wildman–Crippen MR) is 86.3 cm³/mol. The maximum absolute atomic E-state index is 12.6. The first kappa shape index (κ1) is 14.5. The molecule has 0 bridgehead atoms. The van der Waals surface area contributed by atoms with Crippen molar-refractivity contribution in [3.05, 3.63) is 51.3 Å². The van der Waals surface area contributed by atoms with Gasteiger partial charge < -0.3 is 0 Å². The number of aromatic nitrogens is 2. The third-order valence-corrected chi connectivity index (χ3v) is 5.44. The smallest absolute Gasteiger partial charge is 0.142 e. The number of hydrogen-bond acceptors (Lipinski definition) is 2. The second-order valence-electron chi connectivity index (χ2n) is 5.82. The molecule has 0 spiro atoms. The van der Waals surface area contributed by atoms with Gasteiger partial charge in [-0.15, -0.1) is 0 Å². The Morgan fingerprint density at radius 3 is 2.76 bits per heavy atom. The number of nitrogens with zero attached hydrogens (tertiary/aromatic N) is 2. The lowest BCUT2D eigenvalue weighted by atomic mass is 9.81. The van der Waals surface area contributed by atoms with Crippen LogP contribution in [0.1, 0.15) is 28.9 Å². The number of halogens is 1. The van der Waals surface area contributed by atoms with Gasteiger partial charge in [-0.1, -0.05) is 24.3 Å². The Kier molecular flexibility index (Phi) is 3.98. The van der Waals surface area contributed by atoms with Gasteiger partial charge in [-0.25, -0.2) is 0 Å². The average Bonchev–Trinajstić information content (AvgIpc) is 2.73. The summed E-state index contributed by atoms with van der Waals surface area (Å²) in [7, 11) is 1.90. The summed E-state index contributed by atoms with van der Waals surface area (Å²) in [5.41, 5.74) is 4.66. The van der Waals surface area contributed by atoms with Crippen LogP contribution >= 0.6 is 15.9 Å². The summed E-state index contributed by atoms with van der Waals surface area (Å²) < 4.78 is 2.78. The number of fused-ring (bicyclic) bond motifs is 1. The van der Waals surface area contributed by atoms with Crippen LogP contribution in [0.25, 0.3) is 0 Å². The van der Waals surface area contributed by atoms with E-state index in [9.17, 15) is 4.79 Å². The largest absolute Gasteiger partial charge is 0.299 e. The fourth-order valence-electron chi connectivity index (χ4n) is 3.15. The lowest BCUT2D eigenvalue weighted by molar-refractivity contribution is -0.122. The quantitative estimate of drug-likeness (QED) is 0.853. The molecule has 1 aromatic heterocycles. The van der Waals surface area contributed by atoms with E-state index in [1.807, 2.05) is 18.7 Å². The second kappa shape index (κ2) is 5.76. The minimum absolute atomic E-state index is 0.141. The number of hydrogen-bond donors (Lipinski definition) is 0. The standard InChI is InChI=1S/C17H19BrN2O/c1-11-17(18)15(20(2)19-11)10-16(21)14-8-7-12-5-3-4-6-13(12)9-14/h3-6,14H,7-10H2,1-2H3. The maximum Gasteiger partial charge on any atom is 0.142 e. The molecule has 2 aromatic rings. The number of aryl methyl sites for hydroxylation is 3. The first-order chi connectivity index (χ1) is 10.1. The van der Waals surface area contributed by atoms with E-state index < -0.39 is 0 Å². The van der Waals surface area contributed by atoms with E-state index in [0.717, 1.165) is 35.1 Å². The number of rotatable bonds is 3. The normalized spacial score (nSPS) is 17.6. The Morgan fingerprint density at radius 2 is 2.10 bits per heavy atom. The van der Waals surface area contributed by atoms with Gasteiger partial charge in [-0.05, 0) is 53.2 Å². The number of Topliss-reactive ketones (excluding diaryl/α,β-unsaturated/α-hetero) is 1. The third kappa shape index (κ3) is 2.82. The summed E-state index contributed by atoms with van der Waals surface area (Å²) in [5, 5.41) is 4.36. The summed E-state index contributed by atoms with van der Waals surface area (Å²) in [5.74, 6) is 0.468. The zero-order valence-corrected chi connectivity index (χ0v) is 14.0. The van der Waals surface area contributed by atoms with E-state index in [0.29, 0.717) is 12.2 Å². The molecule has 0 saturated carbocycles. The fourth-order valence-corrected chi connectivity index (χ4v) is 3.63. The average molecular weight is 347 g/mol. The van der Waals surface area contributed by atoms with Crippen LogP contribution in [0.2, 0.25) is 0 Å². The molecule has 0 N–H and O–H groups in total. The maximum atomic E-state index is 12.6. The minimum Gasteiger partial charge on any atom is -0.299 e. The van der Waals surface area contributed by atoms with Crippen molar-refractivity contribution in [2.75, 3.05) is 0 Å². The van der Waals surface area contributed by atoms with Gasteiger partial charge in [0.1, 0.15) is 5.78 Å². The SMILES string of the molecule is Cc1nn(C)c(CC(=O)C2CCc3ccccc3C2)c1Br. The van der Waals surface area contributed by atoms with Crippen molar-refractivity contribution in [1.82, 2.24) is 9.78 Å². The summed E-state index contributed by atoms with van der Waals surface area (Å²) >= 11 is 3.54. The molecule has 4 heteroatoms. The van der Waals surface area contributed by atoms with Gasteiger partial charge in [0.2, 0.25) is 0 Å². The van der Waals surface area contributed by atoms with Gasteiger partial charge in [0.15, 0.2) is 0 Å². The fraction of sp³-hybridized carbons (Fsp3) is 0.412. The molecule has 0 amide bonds. The van der Waals surface area contributed by atoms with Crippen LogP contribution in [0, 0.1) is 12.8 Å². The zero-order valence-electron chi connectivity index (χ0n) is 12.4. The van der Waals surface area contributed by atoms with Crippen molar-refractivity contribution in [3.8, 4) is 0 Å². The van der Waals surface area contributed by atoms with Gasteiger partial charge >= 0.3 is 0 Å². The summed E-state index contributed by atoms with van der Waals surface area (Å²) in [6.07, 6.45) is 3.32. The predicted octanol–water partition coefficient (Wildman–Crippen LogP) is 3.41. The summed E-state index contributed by atoms with van der Waals surface area (Å²) in [4.78, 5) is 12.6. The van der Waals surface area contributed by atoms with Gasteiger partial charge in [-0.2, -0.15) is 5.10 Å². The van der Waals surface area contributed by atoms with E-state index in [-0.39, 0.29) is 5.92 Å². The molecule has 1 atom stereocenters. The number of carbonyl (C=O) groups excluding carboxylic acids is 1. The lowest BCUT2D eigenvalue weighted by Gasteiger charge is -2.23. The molecule has 21 heavy (non-hydrogen) atoms. The molecular formula is C17H19BrN2O. The molecule has 1 aliphatic rings. The third-order valence-electron chi connectivity index (χ3n) is 4.41. The topological polar surface area (TPSA) is 34.9 Å². The van der Waals surface area contributed by atoms with E-state index in [1.165, 1.54) is 11.1 Å². The molecule has 0 fully saturated rings. The highest BCUT2D eigenvalue weighted by molar-refractivity contribution is 9.10. The van der Waals surface area contributed by atoms with E-state index in [4.69, 9.17) is 0 Å². The molecule has 0 aliphatic heterocycles. The van der Waals surface area contributed by atoms with Gasteiger partial charge in [0, 0.05) is 19.4 Å². The van der Waals surface area contributed by atoms with E-state index in [1.54, 1.807) is 0 Å². The molecule has 110 valence electrons. The van der Waals surface area contributed by atoms with Crippen molar-refractivity contribution < 1.29 is 4.79 Å². The van der Waals surface area contributed by atoms with Crippen molar-refractivity contribution in [2.45, 2.75) is 32.6 Å². The first-order valence-corrected chi connectivity index (χ1v) is 8.13. The molecule has 3 nitrogen and oxygen atoms in total. The van der Waals surface area contributed by atoms with Crippen LogP contribution in [-0.2, 0) is 31.1 Å². The van der Waals surface area contributed by atoms with Crippen LogP contribution in [0.3, 0.4) is 0 Å². The van der Waals surface area contributed by atoms with Crippen LogP contribution < -0.4 is 0 Å². The molecule has 0 saturated heterocycles. The summed E-state index contributed by atoms with van der Waals surface area (Å²) in [6, 6.07) is 8.47. The monoisotopic (exact) mass is 346 g/mol. The highest BCUT2D eigenvalue weighted by atomic mass is 79.9. The number of ketones is 1. The van der Waals surface area contributed by atoms with Crippen LogP contribution in [0.4, 0.5) is 0 Å². The van der Waals surface area contributed by atoms with Gasteiger partial charge in [-0.3, -0.25) is 9.48 Å². The number of benzene rings is 1. The molecule has 1 unspecified atom stereocenters. The Bertz CT molecular complexity index is 690. The Labute approximate surface area is 133 Å². The zero-order chi connectivity index (χ0) is 15.0. The molecule has 1 aliphatic carbocycles. The molecule has 3 rings (SSSR count). The molecule has 0 radical (unpaired) electrons. The first-order valence-electron chi connectivity index (χ1n) is 7.33. The Balaban J connectivity index is 1.75. The second-order valence-corrected chi connectivity index (χ2v) is 6.61. The number of carbonyl (C=O) groups is 1. The van der Waals surface area contributed by atoms with Crippen LogP contribution in [0.15, 0.2) is 28.7 Å². The highest BCUT2D eigenvalue weighted by Crippen LogP contribution is 2.28. The van der Waals surface area contributed by atoms with E-state index >= 15 is 0 Å². The molecule has 1 heterocycles. The van der Waals surface area contributed by atoms with Crippen LogP contribution in [-0.4, -0.2) is 15.6 Å². The lowest BCUT2D eigenvalue weighted by Crippen LogP contribution is -2.25. The Morgan fingerprint density at radius 1 is 1.38 bits per heavy atom. The van der Waals surface area contributed by atoms with Crippen molar-refractivity contribution in [1.29, 1.82) is 0 Å².